The average Bonchev–Trinajstić information content (AvgIpc) is 2.08. The third kappa shape index (κ3) is 4.54. The zero-order valence-corrected chi connectivity index (χ0v) is 7.52. The summed E-state index contributed by atoms with van der Waals surface area (Å²) in [5.74, 6) is -1.06. The molecule has 0 aliphatic heterocycles. The molecular weight excluding hydrogens is 199 g/mol. The molecule has 0 aromatic carbocycles. The molecule has 0 saturated heterocycles. The molecule has 0 radical (unpaired) electrons. The number of hydrogen-bond donors (Lipinski definition) is 1. The van der Waals surface area contributed by atoms with Gasteiger partial charge in [0.05, 0.1) is 6.08 Å². The summed E-state index contributed by atoms with van der Waals surface area (Å²) in [4.78, 5) is 10.7. The molecule has 3 nitrogen and oxygen atoms in total. The van der Waals surface area contributed by atoms with Crippen LogP contribution in [0, 0.1) is 0 Å². The molecule has 80 valence electrons. The lowest BCUT2D eigenvalue weighted by molar-refractivity contribution is -0.137. The van der Waals surface area contributed by atoms with E-state index in [4.69, 9.17) is 0 Å². The van der Waals surface area contributed by atoms with E-state index in [1.165, 1.54) is 6.08 Å². The van der Waals surface area contributed by atoms with Crippen molar-refractivity contribution in [3.05, 3.63) is 24.4 Å². The van der Waals surface area contributed by atoms with Gasteiger partial charge in [0.2, 0.25) is 0 Å². The van der Waals surface area contributed by atoms with E-state index in [9.17, 15) is 18.0 Å². The monoisotopic (exact) mass is 209 g/mol. The fraction of sp³-hybridized carbons (Fsp3) is 0.375. The van der Waals surface area contributed by atoms with Gasteiger partial charge in [0, 0.05) is 7.05 Å². The minimum Gasteiger partial charge on any atom is -0.458 e. The maximum absolute atomic E-state index is 12.0. The van der Waals surface area contributed by atoms with E-state index in [2.05, 4.69) is 11.3 Å². The van der Waals surface area contributed by atoms with Crippen LogP contribution in [0.4, 0.5) is 13.2 Å². The molecule has 0 aliphatic rings. The highest BCUT2D eigenvalue weighted by atomic mass is 19.4. The maximum atomic E-state index is 12.0. The summed E-state index contributed by atoms with van der Waals surface area (Å²) in [5.41, 5.74) is -1.15. The summed E-state index contributed by atoms with van der Waals surface area (Å²) in [6.45, 7) is 3.12. The van der Waals surface area contributed by atoms with Gasteiger partial charge in [-0.25, -0.2) is 4.79 Å². The average molecular weight is 209 g/mol. The predicted octanol–water partition coefficient (Wildman–Crippen LogP) is 1.38. The first-order valence-corrected chi connectivity index (χ1v) is 3.66. The van der Waals surface area contributed by atoms with E-state index in [0.29, 0.717) is 6.08 Å². The quantitative estimate of drug-likeness (QED) is 0.432. The topological polar surface area (TPSA) is 38.3 Å². The molecule has 0 saturated carbocycles. The summed E-state index contributed by atoms with van der Waals surface area (Å²) >= 11 is 0. The van der Waals surface area contributed by atoms with Crippen LogP contribution in [0.5, 0.6) is 0 Å². The van der Waals surface area contributed by atoms with E-state index >= 15 is 0 Å². The number of rotatable bonds is 4. The zero-order valence-electron chi connectivity index (χ0n) is 7.52. The lowest BCUT2D eigenvalue weighted by Gasteiger charge is -2.09. The minimum absolute atomic E-state index is 0.121. The second-order valence-electron chi connectivity index (χ2n) is 2.22. The molecule has 0 aliphatic carbocycles. The van der Waals surface area contributed by atoms with Crippen molar-refractivity contribution >= 4 is 5.97 Å². The molecule has 0 bridgehead atoms. The lowest BCUT2D eigenvalue weighted by Crippen LogP contribution is -2.24. The SMILES string of the molecule is C=CCOC(=O)/C=C(\NC)C(F)(F)F. The Kier molecular flexibility index (Phi) is 4.76. The van der Waals surface area contributed by atoms with Gasteiger partial charge in [0.1, 0.15) is 12.3 Å². The number of carbonyl (C=O) groups excluding carboxylic acids is 1. The Morgan fingerprint density at radius 1 is 1.57 bits per heavy atom. The van der Waals surface area contributed by atoms with Gasteiger partial charge in [-0.2, -0.15) is 13.2 Å². The number of nitrogens with one attached hydrogen (secondary N) is 1. The van der Waals surface area contributed by atoms with E-state index < -0.39 is 17.8 Å². The first kappa shape index (κ1) is 12.5. The van der Waals surface area contributed by atoms with Crippen molar-refractivity contribution in [1.82, 2.24) is 5.32 Å². The number of halogens is 3. The molecule has 14 heavy (non-hydrogen) atoms. The van der Waals surface area contributed by atoms with Crippen molar-refractivity contribution in [2.75, 3.05) is 13.7 Å². The van der Waals surface area contributed by atoms with Gasteiger partial charge in [-0.3, -0.25) is 0 Å². The smallest absolute Gasteiger partial charge is 0.431 e. The minimum atomic E-state index is -4.58. The fourth-order valence-corrected chi connectivity index (χ4v) is 0.596. The van der Waals surface area contributed by atoms with Crippen LogP contribution in [0.3, 0.4) is 0 Å². The van der Waals surface area contributed by atoms with Gasteiger partial charge in [-0.15, -0.1) is 0 Å². The molecule has 6 heteroatoms. The van der Waals surface area contributed by atoms with Gasteiger partial charge >= 0.3 is 12.1 Å². The summed E-state index contributed by atoms with van der Waals surface area (Å²) in [5, 5.41) is 1.86. The molecule has 0 heterocycles. The molecular formula is C8H10F3NO2. The number of hydrogen-bond acceptors (Lipinski definition) is 3. The Morgan fingerprint density at radius 2 is 2.14 bits per heavy atom. The van der Waals surface area contributed by atoms with Crippen molar-refractivity contribution in [3.63, 3.8) is 0 Å². The lowest BCUT2D eigenvalue weighted by atomic mass is 10.4. The van der Waals surface area contributed by atoms with Gasteiger partial charge in [0.15, 0.2) is 0 Å². The Labute approximate surface area is 79.2 Å². The second kappa shape index (κ2) is 5.31. The molecule has 0 rings (SSSR count). The number of esters is 1. The van der Waals surface area contributed by atoms with Crippen molar-refractivity contribution in [1.29, 1.82) is 0 Å². The predicted molar refractivity (Wildman–Crippen MR) is 44.4 cm³/mol. The normalized spacial score (nSPS) is 12.1. The van der Waals surface area contributed by atoms with E-state index in [-0.39, 0.29) is 6.61 Å². The van der Waals surface area contributed by atoms with Gasteiger partial charge in [0.25, 0.3) is 0 Å². The van der Waals surface area contributed by atoms with E-state index in [1.54, 1.807) is 0 Å². The van der Waals surface area contributed by atoms with Crippen LogP contribution in [0.25, 0.3) is 0 Å². The van der Waals surface area contributed by atoms with Gasteiger partial charge in [-0.1, -0.05) is 12.7 Å². The molecule has 0 aromatic rings. The highest BCUT2D eigenvalue weighted by Crippen LogP contribution is 2.22. The van der Waals surface area contributed by atoms with Crippen LogP contribution in [0.15, 0.2) is 24.4 Å². The van der Waals surface area contributed by atoms with Crippen molar-refractivity contribution in [2.24, 2.45) is 0 Å². The Morgan fingerprint density at radius 3 is 2.50 bits per heavy atom. The van der Waals surface area contributed by atoms with Crippen LogP contribution in [0.2, 0.25) is 0 Å². The molecule has 0 unspecified atom stereocenters. The van der Waals surface area contributed by atoms with Gasteiger partial charge in [-0.05, 0) is 0 Å². The van der Waals surface area contributed by atoms with Crippen LogP contribution in [-0.2, 0) is 9.53 Å². The summed E-state index contributed by atoms with van der Waals surface area (Å²) < 4.78 is 40.5. The van der Waals surface area contributed by atoms with Crippen molar-refractivity contribution in [2.45, 2.75) is 6.18 Å². The van der Waals surface area contributed by atoms with Crippen LogP contribution < -0.4 is 5.32 Å². The Hall–Kier alpha value is -1.46. The first-order chi connectivity index (χ1) is 6.41. The van der Waals surface area contributed by atoms with E-state index in [1.807, 2.05) is 5.32 Å². The number of carbonyl (C=O) groups is 1. The molecule has 0 fully saturated rings. The summed E-state index contributed by atoms with van der Waals surface area (Å²) in [7, 11) is 1.07. The molecule has 0 amide bonds. The third-order valence-corrected chi connectivity index (χ3v) is 1.18. The number of allylic oxidation sites excluding steroid dienone is 1. The Balaban J connectivity index is 4.44. The molecule has 1 N–H and O–H groups in total. The summed E-state index contributed by atoms with van der Waals surface area (Å²) in [6, 6.07) is 0. The Bertz CT molecular complexity index is 245. The standard InChI is InChI=1S/C8H10F3NO2/c1-3-4-14-7(13)5-6(12-2)8(9,10)11/h3,5,12H,1,4H2,2H3/b6-5-. The van der Waals surface area contributed by atoms with Crippen LogP contribution >= 0.6 is 0 Å². The van der Waals surface area contributed by atoms with Crippen molar-refractivity contribution < 1.29 is 22.7 Å². The highest BCUT2D eigenvalue weighted by Gasteiger charge is 2.33. The zero-order chi connectivity index (χ0) is 11.2. The highest BCUT2D eigenvalue weighted by molar-refractivity contribution is 5.82. The largest absolute Gasteiger partial charge is 0.458 e. The van der Waals surface area contributed by atoms with Gasteiger partial charge < -0.3 is 10.1 Å². The molecule has 0 atom stereocenters. The first-order valence-electron chi connectivity index (χ1n) is 3.66. The van der Waals surface area contributed by atoms with Crippen LogP contribution in [0.1, 0.15) is 0 Å². The number of ether oxygens (including phenoxy) is 1. The third-order valence-electron chi connectivity index (χ3n) is 1.18. The second-order valence-corrected chi connectivity index (χ2v) is 2.22. The van der Waals surface area contributed by atoms with E-state index in [0.717, 1.165) is 7.05 Å². The fourth-order valence-electron chi connectivity index (χ4n) is 0.596. The summed E-state index contributed by atoms with van der Waals surface area (Å²) in [6.07, 6.45) is -2.97. The molecule has 0 aromatic heterocycles. The molecule has 0 spiro atoms. The maximum Gasteiger partial charge on any atom is 0.431 e. The van der Waals surface area contributed by atoms with Crippen molar-refractivity contribution in [3.8, 4) is 0 Å². The number of alkyl halides is 3. The van der Waals surface area contributed by atoms with Crippen LogP contribution in [-0.4, -0.2) is 25.8 Å².